The predicted molar refractivity (Wildman–Crippen MR) is 220 cm³/mol. The van der Waals surface area contributed by atoms with Gasteiger partial charge in [0.05, 0.1) is 0 Å². The van der Waals surface area contributed by atoms with Gasteiger partial charge in [0, 0.05) is 19.3 Å². The van der Waals surface area contributed by atoms with Crippen LogP contribution in [0.1, 0.15) is 245 Å². The highest BCUT2D eigenvalue weighted by Crippen LogP contribution is 2.15. The lowest BCUT2D eigenvalue weighted by Crippen LogP contribution is -2.30. The zero-order chi connectivity index (χ0) is 38.0. The molecule has 1 unspecified atom stereocenters. The van der Waals surface area contributed by atoms with Crippen LogP contribution in [0.25, 0.3) is 0 Å². The van der Waals surface area contributed by atoms with E-state index in [4.69, 9.17) is 14.2 Å². The molecule has 0 aliphatic carbocycles. The lowest BCUT2D eigenvalue weighted by molar-refractivity contribution is -0.167. The molecule has 0 saturated carbocycles. The molecule has 0 aliphatic heterocycles. The molecule has 0 radical (unpaired) electrons. The minimum atomic E-state index is -0.764. The maximum absolute atomic E-state index is 12.7. The maximum atomic E-state index is 12.7. The van der Waals surface area contributed by atoms with E-state index in [9.17, 15) is 14.4 Å². The normalized spacial score (nSPS) is 12.0. The fourth-order valence-electron chi connectivity index (χ4n) is 6.55. The van der Waals surface area contributed by atoms with Crippen LogP contribution in [0.15, 0.2) is 12.2 Å². The first-order valence-corrected chi connectivity index (χ1v) is 22.7. The fourth-order valence-corrected chi connectivity index (χ4v) is 6.55. The van der Waals surface area contributed by atoms with Gasteiger partial charge in [0.1, 0.15) is 13.2 Å². The molecular weight excluding hydrogens is 648 g/mol. The van der Waals surface area contributed by atoms with Crippen molar-refractivity contribution in [2.45, 2.75) is 252 Å². The monoisotopic (exact) mass is 735 g/mol. The first-order valence-electron chi connectivity index (χ1n) is 22.7. The minimum Gasteiger partial charge on any atom is -0.462 e. The number of allylic oxidation sites excluding steroid dienone is 2. The molecule has 0 saturated heterocycles. The predicted octanol–water partition coefficient (Wildman–Crippen LogP) is 14.3. The van der Waals surface area contributed by atoms with Crippen molar-refractivity contribution in [3.8, 4) is 0 Å². The highest BCUT2D eigenvalue weighted by Gasteiger charge is 2.19. The number of carbonyl (C=O) groups excluding carboxylic acids is 3. The molecule has 52 heavy (non-hydrogen) atoms. The average molecular weight is 735 g/mol. The molecule has 0 aromatic rings. The van der Waals surface area contributed by atoms with Crippen LogP contribution in [0.4, 0.5) is 0 Å². The number of ether oxygens (including phenoxy) is 3. The first-order chi connectivity index (χ1) is 25.5. The summed E-state index contributed by atoms with van der Waals surface area (Å²) in [6.45, 7) is 6.59. The second-order valence-corrected chi connectivity index (χ2v) is 15.3. The lowest BCUT2D eigenvalue weighted by Gasteiger charge is -2.18. The summed E-state index contributed by atoms with van der Waals surface area (Å²) in [4.78, 5) is 37.6. The lowest BCUT2D eigenvalue weighted by atomic mass is 10.0. The van der Waals surface area contributed by atoms with Crippen molar-refractivity contribution in [1.82, 2.24) is 0 Å². The van der Waals surface area contributed by atoms with Crippen molar-refractivity contribution in [3.63, 3.8) is 0 Å². The van der Waals surface area contributed by atoms with Crippen molar-refractivity contribution >= 4 is 17.9 Å². The molecule has 0 N–H and O–H groups in total. The van der Waals surface area contributed by atoms with E-state index in [2.05, 4.69) is 32.9 Å². The van der Waals surface area contributed by atoms with E-state index < -0.39 is 6.10 Å². The summed E-state index contributed by atoms with van der Waals surface area (Å²) in [5.41, 5.74) is 0. The van der Waals surface area contributed by atoms with E-state index in [1.165, 1.54) is 141 Å². The highest BCUT2D eigenvalue weighted by atomic mass is 16.6. The van der Waals surface area contributed by atoms with Gasteiger partial charge in [-0.15, -0.1) is 0 Å². The Kier molecular flexibility index (Phi) is 40.4. The van der Waals surface area contributed by atoms with Gasteiger partial charge in [0.2, 0.25) is 0 Å². The number of esters is 3. The number of rotatable bonds is 41. The summed E-state index contributed by atoms with van der Waals surface area (Å²) in [5, 5.41) is 0. The SMILES string of the molecule is CCCCC/C=C\CCCCCCCC(=O)OC(COC(=O)CCCCCCCCCC)COC(=O)CCCCCCCCCCCCCCCC. The topological polar surface area (TPSA) is 78.9 Å². The molecule has 0 bridgehead atoms. The third-order valence-electron chi connectivity index (χ3n) is 10.0. The second kappa shape index (κ2) is 41.9. The molecular formula is C46H86O6. The summed E-state index contributed by atoms with van der Waals surface area (Å²) in [6, 6.07) is 0. The molecule has 0 aromatic heterocycles. The van der Waals surface area contributed by atoms with Crippen LogP contribution in [0.3, 0.4) is 0 Å². The van der Waals surface area contributed by atoms with Gasteiger partial charge in [-0.05, 0) is 44.9 Å². The molecule has 0 spiro atoms. The standard InChI is InChI=1S/C46H86O6/c1-4-7-10-13-16-19-21-23-24-26-27-30-33-36-39-45(48)51-42-43(41-50-44(47)38-35-32-29-18-15-12-9-6-3)52-46(49)40-37-34-31-28-25-22-20-17-14-11-8-5-2/h17,20,43H,4-16,18-19,21-42H2,1-3H3/b20-17-. The summed E-state index contributed by atoms with van der Waals surface area (Å²) in [6.07, 6.45) is 43.4. The van der Waals surface area contributed by atoms with E-state index in [0.717, 1.165) is 64.2 Å². The molecule has 0 heterocycles. The van der Waals surface area contributed by atoms with Gasteiger partial charge in [0.25, 0.3) is 0 Å². The summed E-state index contributed by atoms with van der Waals surface area (Å²) >= 11 is 0. The van der Waals surface area contributed by atoms with E-state index >= 15 is 0 Å². The molecule has 6 heteroatoms. The van der Waals surface area contributed by atoms with Gasteiger partial charge in [-0.1, -0.05) is 193 Å². The number of hydrogen-bond acceptors (Lipinski definition) is 6. The van der Waals surface area contributed by atoms with E-state index in [-0.39, 0.29) is 31.1 Å². The van der Waals surface area contributed by atoms with Crippen molar-refractivity contribution < 1.29 is 28.6 Å². The first kappa shape index (κ1) is 50.1. The van der Waals surface area contributed by atoms with Crippen molar-refractivity contribution in [1.29, 1.82) is 0 Å². The van der Waals surface area contributed by atoms with Gasteiger partial charge >= 0.3 is 17.9 Å². The third kappa shape index (κ3) is 39.4. The number of unbranched alkanes of at least 4 members (excludes halogenated alkanes) is 28. The zero-order valence-corrected chi connectivity index (χ0v) is 34.8. The van der Waals surface area contributed by atoms with Gasteiger partial charge < -0.3 is 14.2 Å². The Balaban J connectivity index is 4.31. The molecule has 6 nitrogen and oxygen atoms in total. The van der Waals surface area contributed by atoms with Crippen LogP contribution >= 0.6 is 0 Å². The van der Waals surface area contributed by atoms with E-state index in [1.807, 2.05) is 0 Å². The highest BCUT2D eigenvalue weighted by molar-refractivity contribution is 5.71. The molecule has 0 aromatic carbocycles. The van der Waals surface area contributed by atoms with Crippen LogP contribution in [-0.4, -0.2) is 37.2 Å². The molecule has 306 valence electrons. The van der Waals surface area contributed by atoms with Crippen LogP contribution in [-0.2, 0) is 28.6 Å². The van der Waals surface area contributed by atoms with E-state index in [1.54, 1.807) is 0 Å². The average Bonchev–Trinajstić information content (AvgIpc) is 3.14. The summed E-state index contributed by atoms with van der Waals surface area (Å²) in [7, 11) is 0. The Morgan fingerprint density at radius 1 is 0.365 bits per heavy atom. The Hall–Kier alpha value is -1.85. The Bertz CT molecular complexity index is 809. The zero-order valence-electron chi connectivity index (χ0n) is 34.8. The number of carbonyl (C=O) groups is 3. The summed E-state index contributed by atoms with van der Waals surface area (Å²) < 4.78 is 16.7. The smallest absolute Gasteiger partial charge is 0.306 e. The minimum absolute atomic E-state index is 0.0693. The molecule has 0 rings (SSSR count). The van der Waals surface area contributed by atoms with Crippen molar-refractivity contribution in [2.24, 2.45) is 0 Å². The Labute approximate surface area is 322 Å². The van der Waals surface area contributed by atoms with E-state index in [0.29, 0.717) is 19.3 Å². The van der Waals surface area contributed by atoms with Gasteiger partial charge in [0.15, 0.2) is 6.10 Å². The van der Waals surface area contributed by atoms with Gasteiger partial charge in [-0.25, -0.2) is 0 Å². The van der Waals surface area contributed by atoms with Gasteiger partial charge in [-0.2, -0.15) is 0 Å². The maximum Gasteiger partial charge on any atom is 0.306 e. The summed E-state index contributed by atoms with van der Waals surface area (Å²) in [5.74, 6) is -0.875. The largest absolute Gasteiger partial charge is 0.462 e. The van der Waals surface area contributed by atoms with Crippen LogP contribution in [0.5, 0.6) is 0 Å². The molecule has 0 fully saturated rings. The molecule has 0 aliphatic rings. The van der Waals surface area contributed by atoms with Crippen LogP contribution in [0.2, 0.25) is 0 Å². The molecule has 0 amide bonds. The fraction of sp³-hybridized carbons (Fsp3) is 0.891. The number of hydrogen-bond donors (Lipinski definition) is 0. The third-order valence-corrected chi connectivity index (χ3v) is 10.0. The quantitative estimate of drug-likeness (QED) is 0.0269. The van der Waals surface area contributed by atoms with Gasteiger partial charge in [-0.3, -0.25) is 14.4 Å². The Morgan fingerprint density at radius 3 is 1.00 bits per heavy atom. The van der Waals surface area contributed by atoms with Crippen LogP contribution < -0.4 is 0 Å². The van der Waals surface area contributed by atoms with Crippen LogP contribution in [0, 0.1) is 0 Å². The van der Waals surface area contributed by atoms with Crippen molar-refractivity contribution in [3.05, 3.63) is 12.2 Å². The van der Waals surface area contributed by atoms with Crippen molar-refractivity contribution in [2.75, 3.05) is 13.2 Å². The Morgan fingerprint density at radius 2 is 0.635 bits per heavy atom. The molecule has 1 atom stereocenters. The second-order valence-electron chi connectivity index (χ2n) is 15.3.